The highest BCUT2D eigenvalue weighted by molar-refractivity contribution is 7.93. The van der Waals surface area contributed by atoms with Crippen molar-refractivity contribution in [2.24, 2.45) is 0 Å². The number of benzene rings is 1. The van der Waals surface area contributed by atoms with E-state index < -0.39 is 16.0 Å². The van der Waals surface area contributed by atoms with Crippen LogP contribution in [0.4, 0.5) is 5.69 Å². The molecule has 140 valence electrons. The first-order chi connectivity index (χ1) is 12.9. The van der Waals surface area contributed by atoms with Crippen molar-refractivity contribution in [2.75, 3.05) is 10.9 Å². The Labute approximate surface area is 157 Å². The van der Waals surface area contributed by atoms with E-state index >= 15 is 0 Å². The van der Waals surface area contributed by atoms with Gasteiger partial charge in [0.15, 0.2) is 0 Å². The molecule has 7 nitrogen and oxygen atoms in total. The summed E-state index contributed by atoms with van der Waals surface area (Å²) in [6.07, 6.45) is 2.24. The maximum Gasteiger partial charge on any atom is 0.374 e. The monoisotopic (exact) mass is 385 g/mol. The predicted molar refractivity (Wildman–Crippen MR) is 100 cm³/mol. The zero-order chi connectivity index (χ0) is 19.2. The first-order valence-electron chi connectivity index (χ1n) is 8.71. The normalized spacial score (nSPS) is 16.5. The van der Waals surface area contributed by atoms with Crippen LogP contribution in [0.25, 0.3) is 5.52 Å². The fourth-order valence-electron chi connectivity index (χ4n) is 3.54. The summed E-state index contributed by atoms with van der Waals surface area (Å²) in [5.74, 6) is -0.707. The highest BCUT2D eigenvalue weighted by Gasteiger charge is 2.39. The van der Waals surface area contributed by atoms with E-state index in [1.165, 1.54) is 8.71 Å². The van der Waals surface area contributed by atoms with Gasteiger partial charge in [-0.25, -0.2) is 9.78 Å². The van der Waals surface area contributed by atoms with E-state index in [2.05, 4.69) is 4.98 Å². The van der Waals surface area contributed by atoms with E-state index in [1.54, 1.807) is 37.4 Å². The van der Waals surface area contributed by atoms with Gasteiger partial charge in [-0.15, -0.1) is 0 Å². The summed E-state index contributed by atoms with van der Waals surface area (Å²) in [6.45, 7) is 3.73. The Bertz CT molecular complexity index is 1140. The second kappa shape index (κ2) is 6.38. The molecule has 2 aromatic heterocycles. The van der Waals surface area contributed by atoms with Gasteiger partial charge in [0.25, 0.3) is 10.0 Å². The molecule has 0 radical (unpaired) electrons. The third-order valence-electron chi connectivity index (χ3n) is 4.62. The lowest BCUT2D eigenvalue weighted by atomic mass is 10.1. The molecule has 27 heavy (non-hydrogen) atoms. The number of para-hydroxylation sites is 1. The van der Waals surface area contributed by atoms with Crippen molar-refractivity contribution in [3.8, 4) is 0 Å². The number of anilines is 1. The van der Waals surface area contributed by atoms with Crippen molar-refractivity contribution in [1.82, 2.24) is 9.38 Å². The second-order valence-corrected chi connectivity index (χ2v) is 8.13. The lowest BCUT2D eigenvalue weighted by Crippen LogP contribution is -2.36. The molecule has 0 fully saturated rings. The van der Waals surface area contributed by atoms with E-state index in [0.29, 0.717) is 17.6 Å². The van der Waals surface area contributed by atoms with Crippen molar-refractivity contribution < 1.29 is 17.9 Å². The number of fused-ring (bicyclic) bond motifs is 2. The number of hydrogen-bond donors (Lipinski definition) is 0. The molecule has 1 atom stereocenters. The molecule has 3 heterocycles. The van der Waals surface area contributed by atoms with E-state index in [4.69, 9.17) is 4.74 Å². The molecule has 1 aromatic carbocycles. The minimum Gasteiger partial charge on any atom is -0.460 e. The van der Waals surface area contributed by atoms with Crippen molar-refractivity contribution in [1.29, 1.82) is 0 Å². The standard InChI is InChI=1S/C19H19N3O4S/c1-3-26-19(23)17-20-18(16-10-6-7-11-21(16)17)27(24,25)22-13(2)12-14-8-4-5-9-15(14)22/h4-11,13H,3,12H2,1-2H3. The maximum absolute atomic E-state index is 13.5. The van der Waals surface area contributed by atoms with E-state index in [1.807, 2.05) is 25.1 Å². The molecule has 8 heteroatoms. The molecule has 1 aliphatic heterocycles. The molecular weight excluding hydrogens is 366 g/mol. The second-order valence-electron chi connectivity index (χ2n) is 6.40. The van der Waals surface area contributed by atoms with Crippen LogP contribution in [0.2, 0.25) is 0 Å². The molecule has 0 saturated carbocycles. The van der Waals surface area contributed by atoms with Crippen molar-refractivity contribution in [2.45, 2.75) is 31.3 Å². The number of rotatable bonds is 4. The Kier molecular flexibility index (Phi) is 4.15. The molecule has 0 bridgehead atoms. The maximum atomic E-state index is 13.5. The Morgan fingerprint density at radius 3 is 2.74 bits per heavy atom. The number of ether oxygens (including phenoxy) is 1. The average Bonchev–Trinajstić information content (AvgIpc) is 3.19. The number of carbonyl (C=O) groups excluding carboxylic acids is 1. The summed E-state index contributed by atoms with van der Waals surface area (Å²) in [6, 6.07) is 12.3. The Morgan fingerprint density at radius 2 is 1.96 bits per heavy atom. The van der Waals surface area contributed by atoms with Gasteiger partial charge in [-0.3, -0.25) is 8.71 Å². The number of hydrogen-bond acceptors (Lipinski definition) is 5. The van der Waals surface area contributed by atoms with E-state index in [0.717, 1.165) is 5.56 Å². The van der Waals surface area contributed by atoms with Gasteiger partial charge in [0.2, 0.25) is 10.9 Å². The zero-order valence-electron chi connectivity index (χ0n) is 15.0. The Morgan fingerprint density at radius 1 is 1.22 bits per heavy atom. The minimum atomic E-state index is -3.96. The van der Waals surface area contributed by atoms with Gasteiger partial charge in [0.1, 0.15) is 0 Å². The van der Waals surface area contributed by atoms with Crippen LogP contribution in [0, 0.1) is 0 Å². The van der Waals surface area contributed by atoms with Gasteiger partial charge >= 0.3 is 5.97 Å². The van der Waals surface area contributed by atoms with Crippen LogP contribution in [-0.4, -0.2) is 36.4 Å². The largest absolute Gasteiger partial charge is 0.460 e. The van der Waals surface area contributed by atoms with Gasteiger partial charge in [0.05, 0.1) is 17.8 Å². The van der Waals surface area contributed by atoms with Crippen molar-refractivity contribution >= 4 is 27.2 Å². The number of imidazole rings is 1. The topological polar surface area (TPSA) is 81.0 Å². The predicted octanol–water partition coefficient (Wildman–Crippen LogP) is 2.65. The van der Waals surface area contributed by atoms with Crippen LogP contribution in [0.5, 0.6) is 0 Å². The Hall–Kier alpha value is -2.87. The third-order valence-corrected chi connectivity index (χ3v) is 6.48. The molecule has 0 aliphatic carbocycles. The van der Waals surface area contributed by atoms with Crippen LogP contribution in [-0.2, 0) is 21.2 Å². The molecule has 3 aromatic rings. The van der Waals surface area contributed by atoms with Crippen LogP contribution in [0.1, 0.15) is 30.0 Å². The molecule has 1 aliphatic rings. The summed E-state index contributed by atoms with van der Waals surface area (Å²) in [4.78, 5) is 16.5. The number of sulfonamides is 1. The average molecular weight is 385 g/mol. The van der Waals surface area contributed by atoms with Gasteiger partial charge in [-0.2, -0.15) is 8.42 Å². The lowest BCUT2D eigenvalue weighted by Gasteiger charge is -2.23. The molecule has 0 amide bonds. The van der Waals surface area contributed by atoms with E-state index in [-0.39, 0.29) is 23.5 Å². The van der Waals surface area contributed by atoms with Gasteiger partial charge in [-0.1, -0.05) is 24.3 Å². The molecule has 4 rings (SSSR count). The lowest BCUT2D eigenvalue weighted by molar-refractivity contribution is 0.0511. The minimum absolute atomic E-state index is 0.0499. The number of esters is 1. The van der Waals surface area contributed by atoms with E-state index in [9.17, 15) is 13.2 Å². The highest BCUT2D eigenvalue weighted by Crippen LogP contribution is 2.37. The molecule has 0 N–H and O–H groups in total. The van der Waals surface area contributed by atoms with Gasteiger partial charge in [-0.05, 0) is 44.0 Å². The van der Waals surface area contributed by atoms with Gasteiger partial charge in [0, 0.05) is 12.2 Å². The summed E-state index contributed by atoms with van der Waals surface area (Å²) in [7, 11) is -3.96. The quantitative estimate of drug-likeness (QED) is 0.645. The van der Waals surface area contributed by atoms with Crippen LogP contribution in [0.15, 0.2) is 53.7 Å². The summed E-state index contributed by atoms with van der Waals surface area (Å²) < 4.78 is 34.9. The first kappa shape index (κ1) is 17.5. The third kappa shape index (κ3) is 2.68. The Balaban J connectivity index is 1.91. The summed E-state index contributed by atoms with van der Waals surface area (Å²) in [5.41, 5.74) is 1.97. The SMILES string of the molecule is CCOC(=O)c1nc(S(=O)(=O)N2c3ccccc3CC2C)c2ccccn12. The molecule has 1 unspecified atom stereocenters. The van der Waals surface area contributed by atoms with Crippen molar-refractivity contribution in [3.05, 3.63) is 60.0 Å². The fourth-order valence-corrected chi connectivity index (χ4v) is 5.34. The van der Waals surface area contributed by atoms with Crippen LogP contribution in [0.3, 0.4) is 0 Å². The zero-order valence-corrected chi connectivity index (χ0v) is 15.8. The number of aromatic nitrogens is 2. The van der Waals surface area contributed by atoms with Crippen LogP contribution >= 0.6 is 0 Å². The van der Waals surface area contributed by atoms with Crippen LogP contribution < -0.4 is 4.31 Å². The first-order valence-corrected chi connectivity index (χ1v) is 10.2. The fraction of sp³-hybridized carbons (Fsp3) is 0.263. The summed E-state index contributed by atoms with van der Waals surface area (Å²) in [5, 5.41) is -0.144. The smallest absolute Gasteiger partial charge is 0.374 e. The molecule has 0 spiro atoms. The van der Waals surface area contributed by atoms with Crippen molar-refractivity contribution in [3.63, 3.8) is 0 Å². The highest BCUT2D eigenvalue weighted by atomic mass is 32.2. The molecule has 0 saturated heterocycles. The summed E-state index contributed by atoms with van der Waals surface area (Å²) >= 11 is 0. The number of pyridine rings is 1. The molecular formula is C19H19N3O4S. The number of nitrogens with zero attached hydrogens (tertiary/aromatic N) is 3. The van der Waals surface area contributed by atoms with Gasteiger partial charge < -0.3 is 4.74 Å². The number of carbonyl (C=O) groups is 1.